The summed E-state index contributed by atoms with van der Waals surface area (Å²) in [4.78, 5) is 28.5. The maximum Gasteiger partial charge on any atom is 0.295 e. The number of methoxy groups -OCH3 is 1. The molecule has 2 heterocycles. The van der Waals surface area contributed by atoms with E-state index in [-0.39, 0.29) is 22.5 Å². The minimum atomic E-state index is -0.698. The van der Waals surface area contributed by atoms with Crippen LogP contribution in [0.1, 0.15) is 27.7 Å². The zero-order chi connectivity index (χ0) is 21.7. The van der Waals surface area contributed by atoms with Crippen LogP contribution < -0.4 is 15.1 Å². The third-order valence-electron chi connectivity index (χ3n) is 5.39. The molecule has 3 aromatic carbocycles. The Morgan fingerprint density at radius 1 is 1.00 bits per heavy atom. The van der Waals surface area contributed by atoms with Gasteiger partial charge in [-0.2, -0.15) is 0 Å². The Morgan fingerprint density at radius 2 is 1.71 bits per heavy atom. The van der Waals surface area contributed by atoms with E-state index in [2.05, 4.69) is 15.9 Å². The molecular formula is C24H16BrNO5. The van der Waals surface area contributed by atoms with Gasteiger partial charge >= 0.3 is 0 Å². The molecule has 31 heavy (non-hydrogen) atoms. The molecular weight excluding hydrogens is 462 g/mol. The lowest BCUT2D eigenvalue weighted by Crippen LogP contribution is -2.29. The van der Waals surface area contributed by atoms with Crippen LogP contribution in [-0.2, 0) is 0 Å². The minimum absolute atomic E-state index is 0.0220. The standard InChI is InChI=1S/C24H16BrNO5/c1-30-17-9-5-15(6-10-17)26-21(13-2-7-16(27)8-3-13)20-22(28)18-12-14(25)4-11-19(18)31-23(20)24(26)29/h2-12,21,27H,1H3. The monoisotopic (exact) mass is 477 g/mol. The van der Waals surface area contributed by atoms with Gasteiger partial charge in [-0.05, 0) is 60.2 Å². The van der Waals surface area contributed by atoms with Gasteiger partial charge in [0, 0.05) is 10.2 Å². The highest BCUT2D eigenvalue weighted by molar-refractivity contribution is 9.10. The SMILES string of the molecule is COc1ccc(N2C(=O)c3oc4ccc(Br)cc4c(=O)c3C2c2ccc(O)cc2)cc1. The smallest absolute Gasteiger partial charge is 0.295 e. The number of ether oxygens (including phenoxy) is 1. The van der Waals surface area contributed by atoms with Crippen LogP contribution in [-0.4, -0.2) is 18.1 Å². The number of hydrogen-bond donors (Lipinski definition) is 1. The Hall–Kier alpha value is -3.58. The fraction of sp³-hybridized carbons (Fsp3) is 0.0833. The second-order valence-electron chi connectivity index (χ2n) is 7.18. The summed E-state index contributed by atoms with van der Waals surface area (Å²) in [5.74, 6) is 0.367. The van der Waals surface area contributed by atoms with Crippen molar-refractivity contribution in [3.63, 3.8) is 0 Å². The molecule has 1 aliphatic heterocycles. The lowest BCUT2D eigenvalue weighted by Gasteiger charge is -2.25. The maximum atomic E-state index is 13.5. The van der Waals surface area contributed by atoms with Crippen LogP contribution in [0.25, 0.3) is 11.0 Å². The average molecular weight is 478 g/mol. The van der Waals surface area contributed by atoms with Crippen LogP contribution >= 0.6 is 15.9 Å². The van der Waals surface area contributed by atoms with Gasteiger partial charge in [0.2, 0.25) is 5.76 Å². The first-order valence-corrected chi connectivity index (χ1v) is 10.3. The van der Waals surface area contributed by atoms with Crippen molar-refractivity contribution in [3.8, 4) is 11.5 Å². The summed E-state index contributed by atoms with van der Waals surface area (Å²) in [5, 5.41) is 10.1. The molecule has 0 bridgehead atoms. The molecule has 1 amide bonds. The molecule has 5 rings (SSSR count). The molecule has 1 unspecified atom stereocenters. The van der Waals surface area contributed by atoms with Gasteiger partial charge < -0.3 is 14.3 Å². The van der Waals surface area contributed by atoms with E-state index >= 15 is 0 Å². The number of halogens is 1. The van der Waals surface area contributed by atoms with Gasteiger partial charge in [-0.15, -0.1) is 0 Å². The number of benzene rings is 3. The first-order chi connectivity index (χ1) is 15.0. The third-order valence-corrected chi connectivity index (χ3v) is 5.88. The number of hydrogen-bond acceptors (Lipinski definition) is 5. The predicted octanol–water partition coefficient (Wildman–Crippen LogP) is 5.02. The summed E-state index contributed by atoms with van der Waals surface area (Å²) in [6.45, 7) is 0. The fourth-order valence-corrected chi connectivity index (χ4v) is 4.29. The van der Waals surface area contributed by atoms with Gasteiger partial charge in [0.25, 0.3) is 5.91 Å². The van der Waals surface area contributed by atoms with Gasteiger partial charge in [-0.25, -0.2) is 0 Å². The van der Waals surface area contributed by atoms with Gasteiger partial charge in [-0.3, -0.25) is 14.5 Å². The molecule has 1 aromatic heterocycles. The molecule has 0 saturated heterocycles. The second kappa shape index (κ2) is 7.28. The van der Waals surface area contributed by atoms with Crippen molar-refractivity contribution in [1.29, 1.82) is 0 Å². The molecule has 4 aromatic rings. The van der Waals surface area contributed by atoms with Crippen molar-refractivity contribution < 1.29 is 19.1 Å². The fourth-order valence-electron chi connectivity index (χ4n) is 3.93. The van der Waals surface area contributed by atoms with Crippen molar-refractivity contribution in [2.24, 2.45) is 0 Å². The highest BCUT2D eigenvalue weighted by Crippen LogP contribution is 2.42. The molecule has 1 aliphatic rings. The van der Waals surface area contributed by atoms with E-state index in [0.29, 0.717) is 28.0 Å². The van der Waals surface area contributed by atoms with E-state index in [1.807, 2.05) is 0 Å². The van der Waals surface area contributed by atoms with E-state index in [0.717, 1.165) is 4.47 Å². The first kappa shape index (κ1) is 19.4. The highest BCUT2D eigenvalue weighted by Gasteiger charge is 2.43. The zero-order valence-electron chi connectivity index (χ0n) is 16.3. The Kier molecular flexibility index (Phi) is 4.55. The molecule has 0 fully saturated rings. The summed E-state index contributed by atoms with van der Waals surface area (Å²) in [5.41, 5.74) is 1.64. The summed E-state index contributed by atoms with van der Waals surface area (Å²) >= 11 is 3.39. The van der Waals surface area contributed by atoms with Gasteiger partial charge in [-0.1, -0.05) is 28.1 Å². The topological polar surface area (TPSA) is 80.0 Å². The highest BCUT2D eigenvalue weighted by atomic mass is 79.9. The van der Waals surface area contributed by atoms with Crippen LogP contribution in [0, 0.1) is 0 Å². The summed E-state index contributed by atoms with van der Waals surface area (Å²) < 4.78 is 11.9. The van der Waals surface area contributed by atoms with Crippen molar-refractivity contribution >= 4 is 38.5 Å². The van der Waals surface area contributed by atoms with Crippen LogP contribution in [0.3, 0.4) is 0 Å². The molecule has 0 saturated carbocycles. The Morgan fingerprint density at radius 3 is 2.39 bits per heavy atom. The Bertz CT molecular complexity index is 1380. The number of aromatic hydroxyl groups is 1. The third kappa shape index (κ3) is 3.09. The summed E-state index contributed by atoms with van der Waals surface area (Å²) in [6.07, 6.45) is 0. The van der Waals surface area contributed by atoms with Crippen molar-refractivity contribution in [3.05, 3.63) is 98.3 Å². The van der Waals surface area contributed by atoms with E-state index in [9.17, 15) is 14.7 Å². The predicted molar refractivity (Wildman–Crippen MR) is 120 cm³/mol. The van der Waals surface area contributed by atoms with E-state index < -0.39 is 11.9 Å². The van der Waals surface area contributed by atoms with Crippen molar-refractivity contribution in [2.45, 2.75) is 6.04 Å². The number of carbonyl (C=O) groups is 1. The van der Waals surface area contributed by atoms with Gasteiger partial charge in [0.15, 0.2) is 5.43 Å². The minimum Gasteiger partial charge on any atom is -0.508 e. The van der Waals surface area contributed by atoms with Crippen LogP contribution in [0.5, 0.6) is 11.5 Å². The molecule has 6 nitrogen and oxygen atoms in total. The van der Waals surface area contributed by atoms with Crippen LogP contribution in [0.15, 0.2) is 80.4 Å². The number of fused-ring (bicyclic) bond motifs is 2. The Balaban J connectivity index is 1.78. The number of phenolic OH excluding ortho intramolecular Hbond substituents is 1. The van der Waals surface area contributed by atoms with E-state index in [1.165, 1.54) is 17.0 Å². The first-order valence-electron chi connectivity index (χ1n) is 9.50. The molecule has 0 spiro atoms. The van der Waals surface area contributed by atoms with E-state index in [4.69, 9.17) is 9.15 Å². The van der Waals surface area contributed by atoms with Gasteiger partial charge in [0.1, 0.15) is 17.1 Å². The molecule has 1 N–H and O–H groups in total. The van der Waals surface area contributed by atoms with Crippen LogP contribution in [0.4, 0.5) is 5.69 Å². The molecule has 0 aliphatic carbocycles. The molecule has 7 heteroatoms. The number of carbonyl (C=O) groups excluding carboxylic acids is 1. The number of rotatable bonds is 3. The molecule has 154 valence electrons. The maximum absolute atomic E-state index is 13.5. The number of nitrogens with zero attached hydrogens (tertiary/aromatic N) is 1. The van der Waals surface area contributed by atoms with Crippen molar-refractivity contribution in [1.82, 2.24) is 0 Å². The lowest BCUT2D eigenvalue weighted by atomic mass is 9.98. The largest absolute Gasteiger partial charge is 0.508 e. The molecule has 1 atom stereocenters. The zero-order valence-corrected chi connectivity index (χ0v) is 17.9. The average Bonchev–Trinajstić information content (AvgIpc) is 3.07. The second-order valence-corrected chi connectivity index (χ2v) is 8.10. The molecule has 0 radical (unpaired) electrons. The quantitative estimate of drug-likeness (QED) is 0.448. The summed E-state index contributed by atoms with van der Waals surface area (Å²) in [6, 6.07) is 17.9. The number of phenols is 1. The lowest BCUT2D eigenvalue weighted by molar-refractivity contribution is 0.0971. The van der Waals surface area contributed by atoms with Crippen molar-refractivity contribution in [2.75, 3.05) is 12.0 Å². The summed E-state index contributed by atoms with van der Waals surface area (Å²) in [7, 11) is 1.57. The number of amides is 1. The van der Waals surface area contributed by atoms with Gasteiger partial charge in [0.05, 0.1) is 24.1 Å². The Labute approximate surface area is 185 Å². The number of anilines is 1. The van der Waals surface area contributed by atoms with E-state index in [1.54, 1.807) is 61.7 Å². The van der Waals surface area contributed by atoms with Crippen LogP contribution in [0.2, 0.25) is 0 Å². The normalized spacial score (nSPS) is 15.4.